The Hall–Kier alpha value is -2.66. The Balaban J connectivity index is 1.69. The number of carbonyl (C=O) groups is 2. The lowest BCUT2D eigenvalue weighted by Crippen LogP contribution is -2.54. The molecule has 0 aliphatic heterocycles. The van der Waals surface area contributed by atoms with Gasteiger partial charge in [-0.3, -0.25) is 4.79 Å². The molecule has 0 spiro atoms. The summed E-state index contributed by atoms with van der Waals surface area (Å²) < 4.78 is 11.2. The van der Waals surface area contributed by atoms with E-state index in [2.05, 4.69) is 5.32 Å². The lowest BCUT2D eigenvalue weighted by Gasteiger charge is -2.28. The van der Waals surface area contributed by atoms with Crippen molar-refractivity contribution in [3.63, 3.8) is 0 Å². The first kappa shape index (κ1) is 20.1. The van der Waals surface area contributed by atoms with Crippen LogP contribution in [0.2, 0.25) is 0 Å². The van der Waals surface area contributed by atoms with Crippen LogP contribution in [0.25, 0.3) is 0 Å². The zero-order chi connectivity index (χ0) is 19.8. The maximum absolute atomic E-state index is 12.6. The maximum Gasteiger partial charge on any atom is 0.331 e. The quantitative estimate of drug-likeness (QED) is 0.707. The van der Waals surface area contributed by atoms with Crippen LogP contribution in [0.4, 0.5) is 0 Å². The first-order valence-electron chi connectivity index (χ1n) is 9.84. The van der Waals surface area contributed by atoms with Crippen LogP contribution >= 0.6 is 0 Å². The van der Waals surface area contributed by atoms with Crippen molar-refractivity contribution in [1.82, 2.24) is 5.32 Å². The molecule has 0 bridgehead atoms. The molecule has 1 amide bonds. The van der Waals surface area contributed by atoms with E-state index in [1.54, 1.807) is 6.92 Å². The summed E-state index contributed by atoms with van der Waals surface area (Å²) in [5.74, 6) is -0.643. The monoisotopic (exact) mass is 381 g/mol. The van der Waals surface area contributed by atoms with Crippen molar-refractivity contribution in [3.05, 3.63) is 71.8 Å². The van der Waals surface area contributed by atoms with Crippen LogP contribution in [0.3, 0.4) is 0 Å². The largest absolute Gasteiger partial charge is 0.464 e. The lowest BCUT2D eigenvalue weighted by atomic mass is 9.97. The van der Waals surface area contributed by atoms with Crippen LogP contribution in [0.5, 0.6) is 0 Å². The molecule has 0 saturated heterocycles. The normalized spacial score (nSPS) is 15.4. The van der Waals surface area contributed by atoms with Crippen LogP contribution in [0, 0.1) is 0 Å². The van der Waals surface area contributed by atoms with Crippen molar-refractivity contribution in [1.29, 1.82) is 0 Å². The molecule has 5 heteroatoms. The Kier molecular flexibility index (Phi) is 6.82. The summed E-state index contributed by atoms with van der Waals surface area (Å²) in [5, 5.41) is 2.90. The Bertz CT molecular complexity index is 730. The van der Waals surface area contributed by atoms with Crippen LogP contribution in [-0.4, -0.2) is 30.6 Å². The highest BCUT2D eigenvalue weighted by Gasteiger charge is 2.43. The second kappa shape index (κ2) is 9.51. The van der Waals surface area contributed by atoms with E-state index < -0.39 is 5.54 Å². The molecule has 1 N–H and O–H groups in total. The van der Waals surface area contributed by atoms with E-state index in [0.29, 0.717) is 19.4 Å². The van der Waals surface area contributed by atoms with Gasteiger partial charge in [-0.25, -0.2) is 4.79 Å². The molecule has 28 heavy (non-hydrogen) atoms. The summed E-state index contributed by atoms with van der Waals surface area (Å²) in [6, 6.07) is 19.6. The summed E-state index contributed by atoms with van der Waals surface area (Å²) in [5.41, 5.74) is 1.04. The molecule has 0 heterocycles. The molecule has 0 radical (unpaired) electrons. The van der Waals surface area contributed by atoms with Gasteiger partial charge in [-0.1, -0.05) is 73.5 Å². The Morgan fingerprint density at radius 3 is 2.00 bits per heavy atom. The molecule has 0 unspecified atom stereocenters. The fourth-order valence-electron chi connectivity index (χ4n) is 3.73. The smallest absolute Gasteiger partial charge is 0.331 e. The number of amides is 1. The van der Waals surface area contributed by atoms with Crippen LogP contribution in [0.15, 0.2) is 60.7 Å². The van der Waals surface area contributed by atoms with Gasteiger partial charge >= 0.3 is 5.97 Å². The van der Waals surface area contributed by atoms with E-state index in [4.69, 9.17) is 9.47 Å². The summed E-state index contributed by atoms with van der Waals surface area (Å²) in [4.78, 5) is 25.0. The number of hydrogen-bond acceptors (Lipinski definition) is 4. The molecule has 0 aromatic heterocycles. The van der Waals surface area contributed by atoms with Crippen LogP contribution in [-0.2, 0) is 19.1 Å². The standard InChI is InChI=1S/C23H27NO4/c1-2-27-22(26)23(15-9-10-16-23)24-20(25)17-28-21(18-11-5-3-6-12-18)19-13-7-4-8-14-19/h3-8,11-14,21H,2,9-10,15-17H2,1H3,(H,24,25). The number of ether oxygens (including phenoxy) is 2. The minimum Gasteiger partial charge on any atom is -0.464 e. The van der Waals surface area contributed by atoms with Crippen molar-refractivity contribution < 1.29 is 19.1 Å². The highest BCUT2D eigenvalue weighted by atomic mass is 16.5. The second-order valence-corrected chi connectivity index (χ2v) is 7.07. The van der Waals surface area contributed by atoms with Crippen LogP contribution in [0.1, 0.15) is 49.8 Å². The summed E-state index contributed by atoms with van der Waals surface area (Å²) >= 11 is 0. The van der Waals surface area contributed by atoms with Crippen molar-refractivity contribution in [2.24, 2.45) is 0 Å². The molecule has 5 nitrogen and oxygen atoms in total. The van der Waals surface area contributed by atoms with Crippen LogP contribution < -0.4 is 5.32 Å². The maximum atomic E-state index is 12.6. The molecule has 1 aliphatic rings. The van der Waals surface area contributed by atoms with Crippen molar-refractivity contribution in [2.45, 2.75) is 44.2 Å². The Morgan fingerprint density at radius 2 is 1.50 bits per heavy atom. The Labute approximate surface area is 166 Å². The summed E-state index contributed by atoms with van der Waals surface area (Å²) in [6.07, 6.45) is 2.67. The fourth-order valence-corrected chi connectivity index (χ4v) is 3.73. The third kappa shape index (κ3) is 4.78. The summed E-state index contributed by atoms with van der Waals surface area (Å²) in [7, 11) is 0. The number of rotatable bonds is 8. The fraction of sp³-hybridized carbons (Fsp3) is 0.391. The molecular formula is C23H27NO4. The number of nitrogens with one attached hydrogen (secondary N) is 1. The van der Waals surface area contributed by atoms with Gasteiger partial charge in [-0.05, 0) is 30.9 Å². The molecule has 2 aromatic rings. The SMILES string of the molecule is CCOC(=O)C1(NC(=O)COC(c2ccccc2)c2ccccc2)CCCC1. The minimum absolute atomic E-state index is 0.129. The van der Waals surface area contributed by atoms with Gasteiger partial charge in [0.05, 0.1) is 6.61 Å². The van der Waals surface area contributed by atoms with Gasteiger partial charge in [0.15, 0.2) is 0 Å². The van der Waals surface area contributed by atoms with Gasteiger partial charge in [0.1, 0.15) is 18.2 Å². The zero-order valence-electron chi connectivity index (χ0n) is 16.2. The molecule has 0 atom stereocenters. The van der Waals surface area contributed by atoms with E-state index in [1.165, 1.54) is 0 Å². The predicted octanol–water partition coefficient (Wildman–Crippen LogP) is 3.78. The van der Waals surface area contributed by atoms with E-state index in [9.17, 15) is 9.59 Å². The molecule has 1 fully saturated rings. The minimum atomic E-state index is -0.911. The number of carbonyl (C=O) groups excluding carboxylic acids is 2. The molecule has 3 rings (SSSR count). The molecule has 1 saturated carbocycles. The second-order valence-electron chi connectivity index (χ2n) is 7.07. The average Bonchev–Trinajstić information content (AvgIpc) is 3.20. The third-order valence-corrected chi connectivity index (χ3v) is 5.09. The Morgan fingerprint density at radius 1 is 0.964 bits per heavy atom. The van der Waals surface area contributed by atoms with E-state index in [0.717, 1.165) is 24.0 Å². The highest BCUT2D eigenvalue weighted by molar-refractivity contribution is 5.88. The first-order valence-corrected chi connectivity index (χ1v) is 9.84. The predicted molar refractivity (Wildman–Crippen MR) is 107 cm³/mol. The third-order valence-electron chi connectivity index (χ3n) is 5.09. The van der Waals surface area contributed by atoms with Gasteiger partial charge in [-0.15, -0.1) is 0 Å². The molecule has 2 aromatic carbocycles. The van der Waals surface area contributed by atoms with E-state index in [-0.39, 0.29) is 24.6 Å². The molecular weight excluding hydrogens is 354 g/mol. The topological polar surface area (TPSA) is 64.6 Å². The number of hydrogen-bond donors (Lipinski definition) is 1. The van der Waals surface area contributed by atoms with E-state index >= 15 is 0 Å². The summed E-state index contributed by atoms with van der Waals surface area (Å²) in [6.45, 7) is 1.95. The van der Waals surface area contributed by atoms with Gasteiger partial charge in [0, 0.05) is 0 Å². The van der Waals surface area contributed by atoms with Crippen molar-refractivity contribution in [3.8, 4) is 0 Å². The van der Waals surface area contributed by atoms with Crippen molar-refractivity contribution in [2.75, 3.05) is 13.2 Å². The number of esters is 1. The zero-order valence-corrected chi connectivity index (χ0v) is 16.2. The first-order chi connectivity index (χ1) is 13.6. The lowest BCUT2D eigenvalue weighted by molar-refractivity contribution is -0.153. The molecule has 148 valence electrons. The van der Waals surface area contributed by atoms with Gasteiger partial charge in [0.25, 0.3) is 0 Å². The van der Waals surface area contributed by atoms with Crippen molar-refractivity contribution >= 4 is 11.9 Å². The van der Waals surface area contributed by atoms with Gasteiger partial charge < -0.3 is 14.8 Å². The van der Waals surface area contributed by atoms with E-state index in [1.807, 2.05) is 60.7 Å². The number of benzene rings is 2. The van der Waals surface area contributed by atoms with Gasteiger partial charge in [-0.2, -0.15) is 0 Å². The van der Waals surface area contributed by atoms with Gasteiger partial charge in [0.2, 0.25) is 5.91 Å². The highest BCUT2D eigenvalue weighted by Crippen LogP contribution is 2.31. The molecule has 1 aliphatic carbocycles. The average molecular weight is 381 g/mol.